The van der Waals surface area contributed by atoms with E-state index in [0.29, 0.717) is 0 Å². The topological polar surface area (TPSA) is 48.5 Å². The summed E-state index contributed by atoms with van der Waals surface area (Å²) < 4.78 is 4.75. The van der Waals surface area contributed by atoms with Crippen molar-refractivity contribution in [3.05, 3.63) is 61.9 Å². The first-order valence-electron chi connectivity index (χ1n) is 10.7. The minimum atomic E-state index is 0.773. The van der Waals surface area contributed by atoms with Crippen LogP contribution in [-0.2, 0) is 32.4 Å². The predicted octanol–water partition coefficient (Wildman–Crippen LogP) is 5.44. The van der Waals surface area contributed by atoms with Gasteiger partial charge in [-0.25, -0.2) is 4.98 Å². The molecule has 1 aliphatic rings. The van der Waals surface area contributed by atoms with E-state index in [9.17, 15) is 0 Å². The van der Waals surface area contributed by atoms with Crippen molar-refractivity contribution in [1.29, 1.82) is 0 Å². The van der Waals surface area contributed by atoms with Gasteiger partial charge in [-0.1, -0.05) is 12.5 Å². The first-order chi connectivity index (χ1) is 14.7. The van der Waals surface area contributed by atoms with E-state index in [1.165, 1.54) is 41.1 Å². The molecule has 0 spiro atoms. The van der Waals surface area contributed by atoms with Crippen LogP contribution in [-0.4, -0.2) is 24.3 Å². The molecule has 5 heterocycles. The molecule has 30 heavy (non-hydrogen) atoms. The van der Waals surface area contributed by atoms with Gasteiger partial charge in [0.2, 0.25) is 0 Å². The number of aromatic nitrogens is 5. The summed E-state index contributed by atoms with van der Waals surface area (Å²) in [5.74, 6) is 2.21. The van der Waals surface area contributed by atoms with Gasteiger partial charge in [0, 0.05) is 46.7 Å². The summed E-state index contributed by atoms with van der Waals surface area (Å²) in [7, 11) is 0. The van der Waals surface area contributed by atoms with E-state index in [1.807, 2.05) is 11.3 Å². The lowest BCUT2D eigenvalue weighted by molar-refractivity contribution is 0.611. The second-order valence-electron chi connectivity index (χ2n) is 8.06. The Morgan fingerprint density at radius 3 is 2.90 bits per heavy atom. The molecule has 4 aromatic rings. The van der Waals surface area contributed by atoms with Crippen molar-refractivity contribution in [3.8, 4) is 11.3 Å². The van der Waals surface area contributed by atoms with Gasteiger partial charge in [0.25, 0.3) is 0 Å². The van der Waals surface area contributed by atoms with E-state index in [0.717, 1.165) is 54.7 Å². The highest BCUT2D eigenvalue weighted by Crippen LogP contribution is 2.29. The third-order valence-corrected chi connectivity index (χ3v) is 7.84. The number of hydrogen-bond donors (Lipinski definition) is 0. The number of fused-ring (bicyclic) bond motifs is 1. The normalized spacial score (nSPS) is 14.1. The van der Waals surface area contributed by atoms with Crippen LogP contribution in [0.4, 0.5) is 0 Å². The fraction of sp³-hybridized carbons (Fsp3) is 0.435. The summed E-state index contributed by atoms with van der Waals surface area (Å²) >= 11 is 3.57. The van der Waals surface area contributed by atoms with Gasteiger partial charge < -0.3 is 9.13 Å². The number of nitrogens with zero attached hydrogens (tertiary/aromatic N) is 5. The second-order valence-corrected chi connectivity index (χ2v) is 10.0. The van der Waals surface area contributed by atoms with Gasteiger partial charge in [-0.05, 0) is 50.6 Å². The Morgan fingerprint density at radius 1 is 1.10 bits per heavy atom. The molecule has 0 fully saturated rings. The zero-order valence-electron chi connectivity index (χ0n) is 17.6. The van der Waals surface area contributed by atoms with E-state index in [-0.39, 0.29) is 0 Å². The van der Waals surface area contributed by atoms with Gasteiger partial charge in [0.05, 0.1) is 12.1 Å². The van der Waals surface area contributed by atoms with Crippen molar-refractivity contribution >= 4 is 22.7 Å². The van der Waals surface area contributed by atoms with Gasteiger partial charge >= 0.3 is 0 Å². The molecule has 1 aliphatic heterocycles. The van der Waals surface area contributed by atoms with Gasteiger partial charge in [-0.2, -0.15) is 0 Å². The van der Waals surface area contributed by atoms with Crippen molar-refractivity contribution < 1.29 is 0 Å². The molecule has 5 rings (SSSR count). The number of hydrogen-bond acceptors (Lipinski definition) is 5. The lowest BCUT2D eigenvalue weighted by Crippen LogP contribution is -2.06. The summed E-state index contributed by atoms with van der Waals surface area (Å²) in [5.41, 5.74) is 4.94. The Balaban J connectivity index is 1.34. The molecule has 0 N–H and O–H groups in total. The van der Waals surface area contributed by atoms with Crippen LogP contribution in [0.25, 0.3) is 11.3 Å². The molecular weight excluding hydrogens is 410 g/mol. The molecule has 0 saturated heterocycles. The SMILES string of the molecule is Cc1cc(-c2csc(Cc3nnc4n3CCCCC4)n2)c(C)n1CCc1cccs1. The first-order valence-corrected chi connectivity index (χ1v) is 12.5. The fourth-order valence-corrected chi connectivity index (χ4v) is 5.90. The predicted molar refractivity (Wildman–Crippen MR) is 123 cm³/mol. The lowest BCUT2D eigenvalue weighted by atomic mass is 10.2. The fourth-order valence-electron chi connectivity index (χ4n) is 4.41. The molecule has 7 heteroatoms. The van der Waals surface area contributed by atoms with Crippen LogP contribution in [0.5, 0.6) is 0 Å². The van der Waals surface area contributed by atoms with Crippen LogP contribution < -0.4 is 0 Å². The van der Waals surface area contributed by atoms with E-state index < -0.39 is 0 Å². The lowest BCUT2D eigenvalue weighted by Gasteiger charge is -2.08. The van der Waals surface area contributed by atoms with Gasteiger partial charge in [0.1, 0.15) is 16.7 Å². The molecule has 0 bridgehead atoms. The highest BCUT2D eigenvalue weighted by Gasteiger charge is 2.18. The minimum Gasteiger partial charge on any atom is -0.348 e. The molecule has 0 aromatic carbocycles. The number of thiazole rings is 1. The Kier molecular flexibility index (Phi) is 5.56. The van der Waals surface area contributed by atoms with E-state index in [4.69, 9.17) is 4.98 Å². The Bertz CT molecular complexity index is 1130. The van der Waals surface area contributed by atoms with E-state index in [1.54, 1.807) is 11.3 Å². The van der Waals surface area contributed by atoms with Crippen molar-refractivity contribution in [2.45, 2.75) is 65.5 Å². The summed E-state index contributed by atoms with van der Waals surface area (Å²) in [6.45, 7) is 6.47. The van der Waals surface area contributed by atoms with Crippen molar-refractivity contribution in [1.82, 2.24) is 24.3 Å². The first kappa shape index (κ1) is 19.7. The van der Waals surface area contributed by atoms with E-state index in [2.05, 4.69) is 62.1 Å². The molecule has 0 amide bonds. The van der Waals surface area contributed by atoms with Crippen LogP contribution >= 0.6 is 22.7 Å². The molecule has 0 unspecified atom stereocenters. The third-order valence-electron chi connectivity index (χ3n) is 6.06. The average molecular weight is 438 g/mol. The molecule has 0 saturated carbocycles. The quantitative estimate of drug-likeness (QED) is 0.403. The van der Waals surface area contributed by atoms with Crippen LogP contribution in [0.1, 0.15) is 52.2 Å². The van der Waals surface area contributed by atoms with Gasteiger partial charge in [0.15, 0.2) is 0 Å². The molecule has 0 aliphatic carbocycles. The van der Waals surface area contributed by atoms with E-state index >= 15 is 0 Å². The Hall–Kier alpha value is -2.25. The summed E-state index contributed by atoms with van der Waals surface area (Å²) in [5, 5.41) is 14.4. The van der Waals surface area contributed by atoms with Crippen molar-refractivity contribution in [2.24, 2.45) is 0 Å². The van der Waals surface area contributed by atoms with Crippen LogP contribution in [0.2, 0.25) is 0 Å². The molecule has 0 atom stereocenters. The molecule has 156 valence electrons. The van der Waals surface area contributed by atoms with Gasteiger partial charge in [-0.15, -0.1) is 32.9 Å². The maximum atomic E-state index is 4.98. The monoisotopic (exact) mass is 437 g/mol. The van der Waals surface area contributed by atoms with Crippen LogP contribution in [0.3, 0.4) is 0 Å². The van der Waals surface area contributed by atoms with Crippen molar-refractivity contribution in [2.75, 3.05) is 0 Å². The smallest absolute Gasteiger partial charge is 0.139 e. The molecule has 5 nitrogen and oxygen atoms in total. The second kappa shape index (κ2) is 8.47. The summed E-state index contributed by atoms with van der Waals surface area (Å²) in [6, 6.07) is 6.63. The van der Waals surface area contributed by atoms with Crippen molar-refractivity contribution in [3.63, 3.8) is 0 Å². The number of thiophene rings is 1. The summed E-state index contributed by atoms with van der Waals surface area (Å²) in [4.78, 5) is 6.42. The average Bonchev–Trinajstić information content (AvgIpc) is 3.50. The zero-order valence-corrected chi connectivity index (χ0v) is 19.2. The minimum absolute atomic E-state index is 0.773. The Labute approximate surface area is 185 Å². The zero-order chi connectivity index (χ0) is 20.5. The third kappa shape index (κ3) is 3.88. The maximum absolute atomic E-state index is 4.98. The standard InChI is InChI=1S/C23H27N5S2/c1-16-13-19(17(2)27(16)11-9-18-7-6-12-29-18)20-15-30-23(24-20)14-22-26-25-21-8-4-3-5-10-28(21)22/h6-7,12-13,15H,3-5,8-11,14H2,1-2H3. The van der Waals surface area contributed by atoms with Crippen LogP contribution in [0, 0.1) is 13.8 Å². The highest BCUT2D eigenvalue weighted by atomic mass is 32.1. The van der Waals surface area contributed by atoms with Gasteiger partial charge in [-0.3, -0.25) is 0 Å². The summed E-state index contributed by atoms with van der Waals surface area (Å²) in [6.07, 6.45) is 6.63. The van der Waals surface area contributed by atoms with Crippen LogP contribution in [0.15, 0.2) is 29.0 Å². The number of aryl methyl sites for hydroxylation is 3. The maximum Gasteiger partial charge on any atom is 0.139 e. The Morgan fingerprint density at radius 2 is 2.03 bits per heavy atom. The molecule has 0 radical (unpaired) electrons. The molecular formula is C23H27N5S2. The molecule has 4 aromatic heterocycles. The largest absolute Gasteiger partial charge is 0.348 e. The highest BCUT2D eigenvalue weighted by molar-refractivity contribution is 7.10. The number of rotatable bonds is 6.